The van der Waals surface area contributed by atoms with Crippen LogP contribution in [0.2, 0.25) is 0 Å². The number of rotatable bonds is 4. The molecule has 2 heteroatoms. The summed E-state index contributed by atoms with van der Waals surface area (Å²) < 4.78 is 0. The molecule has 0 aromatic heterocycles. The first-order valence-corrected chi connectivity index (χ1v) is 7.98. The van der Waals surface area contributed by atoms with Crippen molar-refractivity contribution < 1.29 is 0 Å². The number of benzene rings is 1. The quantitative estimate of drug-likeness (QED) is 0.893. The fourth-order valence-electron chi connectivity index (χ4n) is 3.04. The maximum atomic E-state index is 3.78. The first kappa shape index (κ1) is 15.5. The summed E-state index contributed by atoms with van der Waals surface area (Å²) >= 11 is 0. The highest BCUT2D eigenvalue weighted by Crippen LogP contribution is 2.35. The van der Waals surface area contributed by atoms with Gasteiger partial charge in [0, 0.05) is 30.2 Å². The maximum absolute atomic E-state index is 3.78. The van der Waals surface area contributed by atoms with Crippen molar-refractivity contribution in [3.8, 4) is 0 Å². The Morgan fingerprint density at radius 3 is 2.45 bits per heavy atom. The Hall–Kier alpha value is -0.860. The van der Waals surface area contributed by atoms with Crippen LogP contribution in [-0.4, -0.2) is 29.1 Å². The Labute approximate surface area is 124 Å². The summed E-state index contributed by atoms with van der Waals surface area (Å²) in [6.45, 7) is 13.9. The topological polar surface area (TPSA) is 15.3 Å². The molecular weight excluding hydrogens is 244 g/mol. The van der Waals surface area contributed by atoms with E-state index in [0.29, 0.717) is 6.04 Å². The van der Waals surface area contributed by atoms with Crippen LogP contribution in [0, 0.1) is 0 Å². The van der Waals surface area contributed by atoms with Gasteiger partial charge in [0.05, 0.1) is 0 Å². The molecule has 0 bridgehead atoms. The summed E-state index contributed by atoms with van der Waals surface area (Å²) in [6, 6.07) is 11.4. The van der Waals surface area contributed by atoms with Crippen LogP contribution in [0.15, 0.2) is 30.3 Å². The molecule has 0 radical (unpaired) electrons. The van der Waals surface area contributed by atoms with E-state index in [1.807, 2.05) is 0 Å². The number of hydrogen-bond donors (Lipinski definition) is 1. The van der Waals surface area contributed by atoms with Gasteiger partial charge in [-0.1, -0.05) is 44.2 Å². The largest absolute Gasteiger partial charge is 0.308 e. The highest BCUT2D eigenvalue weighted by Gasteiger charge is 2.41. The highest BCUT2D eigenvalue weighted by atomic mass is 15.3. The van der Waals surface area contributed by atoms with Crippen molar-refractivity contribution in [2.24, 2.45) is 0 Å². The fourth-order valence-corrected chi connectivity index (χ4v) is 3.04. The Bertz CT molecular complexity index is 426. The second-order valence-electron chi connectivity index (χ2n) is 7.02. The molecule has 1 aromatic rings. The van der Waals surface area contributed by atoms with Crippen LogP contribution in [0.25, 0.3) is 0 Å². The van der Waals surface area contributed by atoms with E-state index in [9.17, 15) is 0 Å². The van der Waals surface area contributed by atoms with Crippen molar-refractivity contribution >= 4 is 0 Å². The summed E-state index contributed by atoms with van der Waals surface area (Å²) in [6.07, 6.45) is 2.35. The number of nitrogens with one attached hydrogen (secondary N) is 1. The fraction of sp³-hybridized carbons (Fsp3) is 0.667. The summed E-state index contributed by atoms with van der Waals surface area (Å²) in [5.74, 6) is 0. The smallest absolute Gasteiger partial charge is 0.0478 e. The first-order chi connectivity index (χ1) is 9.42. The zero-order chi connectivity index (χ0) is 14.8. The molecule has 1 aliphatic rings. The van der Waals surface area contributed by atoms with E-state index in [-0.39, 0.29) is 11.1 Å². The number of nitrogens with zero attached hydrogens (tertiary/aromatic N) is 1. The van der Waals surface area contributed by atoms with Gasteiger partial charge in [-0.3, -0.25) is 4.90 Å². The van der Waals surface area contributed by atoms with Crippen molar-refractivity contribution in [3.05, 3.63) is 35.9 Å². The lowest BCUT2D eigenvalue weighted by Crippen LogP contribution is -2.64. The predicted octanol–water partition coefficient (Wildman–Crippen LogP) is 3.99. The standard InChI is InChI=1S/C18H30N2/c1-6-17(3,4)20-14-18(5,7-2)19-13-16(20)15-11-9-8-10-12-15/h8-12,16,19H,6-7,13-14H2,1-5H3. The van der Waals surface area contributed by atoms with Gasteiger partial charge < -0.3 is 5.32 Å². The molecule has 0 spiro atoms. The van der Waals surface area contributed by atoms with E-state index >= 15 is 0 Å². The highest BCUT2D eigenvalue weighted by molar-refractivity contribution is 5.21. The molecule has 1 aromatic carbocycles. The Kier molecular flexibility index (Phi) is 4.55. The van der Waals surface area contributed by atoms with Crippen LogP contribution in [0.1, 0.15) is 59.1 Å². The zero-order valence-electron chi connectivity index (χ0n) is 13.7. The molecule has 0 saturated carbocycles. The van der Waals surface area contributed by atoms with Crippen LogP contribution < -0.4 is 5.32 Å². The van der Waals surface area contributed by atoms with Gasteiger partial charge in [-0.05, 0) is 39.2 Å². The van der Waals surface area contributed by atoms with Gasteiger partial charge in [-0.15, -0.1) is 0 Å². The summed E-state index contributed by atoms with van der Waals surface area (Å²) in [5.41, 5.74) is 1.90. The molecule has 1 fully saturated rings. The minimum atomic E-state index is 0.234. The van der Waals surface area contributed by atoms with E-state index in [2.05, 4.69) is 75.2 Å². The van der Waals surface area contributed by atoms with Crippen LogP contribution in [0.4, 0.5) is 0 Å². The second-order valence-corrected chi connectivity index (χ2v) is 7.02. The molecule has 2 nitrogen and oxygen atoms in total. The van der Waals surface area contributed by atoms with Crippen LogP contribution in [0.3, 0.4) is 0 Å². The van der Waals surface area contributed by atoms with E-state index in [0.717, 1.165) is 13.1 Å². The van der Waals surface area contributed by atoms with Gasteiger partial charge in [0.1, 0.15) is 0 Å². The normalized spacial score (nSPS) is 28.6. The van der Waals surface area contributed by atoms with Crippen LogP contribution in [0.5, 0.6) is 0 Å². The van der Waals surface area contributed by atoms with Gasteiger partial charge in [-0.25, -0.2) is 0 Å². The van der Waals surface area contributed by atoms with Gasteiger partial charge in [0.2, 0.25) is 0 Å². The number of piperazine rings is 1. The molecule has 2 unspecified atom stereocenters. The van der Waals surface area contributed by atoms with E-state index in [4.69, 9.17) is 0 Å². The minimum Gasteiger partial charge on any atom is -0.308 e. The summed E-state index contributed by atoms with van der Waals surface area (Å²) in [7, 11) is 0. The van der Waals surface area contributed by atoms with E-state index < -0.39 is 0 Å². The molecule has 0 amide bonds. The maximum Gasteiger partial charge on any atom is 0.0478 e. The third-order valence-electron chi connectivity index (χ3n) is 5.23. The first-order valence-electron chi connectivity index (χ1n) is 7.98. The van der Waals surface area contributed by atoms with Crippen LogP contribution >= 0.6 is 0 Å². The Morgan fingerprint density at radius 2 is 1.90 bits per heavy atom. The van der Waals surface area contributed by atoms with Crippen molar-refractivity contribution in [1.82, 2.24) is 10.2 Å². The number of hydrogen-bond acceptors (Lipinski definition) is 2. The molecule has 0 aliphatic carbocycles. The van der Waals surface area contributed by atoms with Crippen molar-refractivity contribution in [2.45, 2.75) is 64.6 Å². The summed E-state index contributed by atoms with van der Waals surface area (Å²) in [4.78, 5) is 2.71. The SMILES string of the molecule is CCC1(C)CN(C(C)(C)CC)C(c2ccccc2)CN1. The Morgan fingerprint density at radius 1 is 1.25 bits per heavy atom. The molecule has 2 rings (SSSR count). The summed E-state index contributed by atoms with van der Waals surface area (Å²) in [5, 5.41) is 3.78. The molecule has 112 valence electrons. The average Bonchev–Trinajstić information content (AvgIpc) is 2.48. The lowest BCUT2D eigenvalue weighted by atomic mass is 9.86. The Balaban J connectivity index is 2.31. The van der Waals surface area contributed by atoms with Gasteiger partial charge in [-0.2, -0.15) is 0 Å². The molecule has 1 saturated heterocycles. The minimum absolute atomic E-state index is 0.234. The van der Waals surface area contributed by atoms with Gasteiger partial charge >= 0.3 is 0 Å². The van der Waals surface area contributed by atoms with Gasteiger partial charge in [0.25, 0.3) is 0 Å². The third kappa shape index (κ3) is 3.07. The van der Waals surface area contributed by atoms with E-state index in [1.54, 1.807) is 0 Å². The molecule has 1 N–H and O–H groups in total. The average molecular weight is 274 g/mol. The lowest BCUT2D eigenvalue weighted by Gasteiger charge is -2.52. The molecule has 20 heavy (non-hydrogen) atoms. The van der Waals surface area contributed by atoms with E-state index in [1.165, 1.54) is 18.4 Å². The van der Waals surface area contributed by atoms with Crippen LogP contribution in [-0.2, 0) is 0 Å². The predicted molar refractivity (Wildman–Crippen MR) is 87.0 cm³/mol. The lowest BCUT2D eigenvalue weighted by molar-refractivity contribution is 0.000139. The third-order valence-corrected chi connectivity index (χ3v) is 5.23. The second kappa shape index (κ2) is 5.87. The monoisotopic (exact) mass is 274 g/mol. The zero-order valence-corrected chi connectivity index (χ0v) is 13.7. The molecule has 1 aliphatic heterocycles. The van der Waals surface area contributed by atoms with Crippen molar-refractivity contribution in [3.63, 3.8) is 0 Å². The molecule has 2 atom stereocenters. The van der Waals surface area contributed by atoms with Gasteiger partial charge in [0.15, 0.2) is 0 Å². The van der Waals surface area contributed by atoms with Crippen molar-refractivity contribution in [2.75, 3.05) is 13.1 Å². The molecular formula is C18H30N2. The molecule has 1 heterocycles. The van der Waals surface area contributed by atoms with Crippen molar-refractivity contribution in [1.29, 1.82) is 0 Å².